The molecule has 0 aliphatic heterocycles. The summed E-state index contributed by atoms with van der Waals surface area (Å²) in [4.78, 5) is 0. The number of ether oxygens (including phenoxy) is 8. The van der Waals surface area contributed by atoms with Gasteiger partial charge in [0.15, 0.2) is 0 Å². The van der Waals surface area contributed by atoms with Crippen molar-refractivity contribution < 1.29 is 37.9 Å². The van der Waals surface area contributed by atoms with Crippen LogP contribution in [0.2, 0.25) is 0 Å². The summed E-state index contributed by atoms with van der Waals surface area (Å²) in [6.45, 7) is 17.8. The molecule has 4 rings (SSSR count). The van der Waals surface area contributed by atoms with Crippen molar-refractivity contribution in [2.24, 2.45) is 0 Å². The van der Waals surface area contributed by atoms with Crippen molar-refractivity contribution in [2.75, 3.05) is 26.4 Å². The molecule has 8 nitrogen and oxygen atoms in total. The monoisotopic (exact) mass is 790 g/mol. The van der Waals surface area contributed by atoms with Crippen LogP contribution in [-0.4, -0.2) is 69.8 Å². The normalized spacial score (nSPS) is 15.7. The Morgan fingerprint density at radius 2 is 0.531 bits per heavy atom. The molecular formula is C40H52O8Te. The SMILES string of the molecule is CCOC(C)Oc1ccc([Te](c2ccc(OC(C)OCC)cc2)(c2ccc(OC(C)OCC)cc2)c2ccc(OC(C)OCC)cc2)cc1. The Labute approximate surface area is 296 Å². The van der Waals surface area contributed by atoms with E-state index >= 15 is 0 Å². The van der Waals surface area contributed by atoms with Crippen molar-refractivity contribution in [2.45, 2.75) is 80.6 Å². The summed E-state index contributed by atoms with van der Waals surface area (Å²) in [5, 5.41) is 0. The number of hydrogen-bond donors (Lipinski definition) is 0. The van der Waals surface area contributed by atoms with E-state index in [0.717, 1.165) is 23.0 Å². The van der Waals surface area contributed by atoms with Crippen LogP contribution in [0.25, 0.3) is 0 Å². The topological polar surface area (TPSA) is 73.8 Å². The Kier molecular flexibility index (Phi) is 15.1. The third-order valence-corrected chi connectivity index (χ3v) is 18.7. The summed E-state index contributed by atoms with van der Waals surface area (Å²) in [5.41, 5.74) is 0. The molecule has 4 aromatic carbocycles. The zero-order valence-electron chi connectivity index (χ0n) is 30.0. The van der Waals surface area contributed by atoms with Crippen LogP contribution in [-0.2, 0) is 18.9 Å². The van der Waals surface area contributed by atoms with E-state index < -0.39 is 18.2 Å². The van der Waals surface area contributed by atoms with Gasteiger partial charge in [0.1, 0.15) is 0 Å². The third-order valence-electron chi connectivity index (χ3n) is 7.52. The summed E-state index contributed by atoms with van der Waals surface area (Å²) >= 11 is -3.77. The molecule has 0 aliphatic carbocycles. The average Bonchev–Trinajstić information content (AvgIpc) is 3.08. The van der Waals surface area contributed by atoms with Crippen LogP contribution in [0, 0.1) is 0 Å². The van der Waals surface area contributed by atoms with Gasteiger partial charge in [-0.2, -0.15) is 0 Å². The Bertz CT molecular complexity index is 1270. The Morgan fingerprint density at radius 1 is 0.347 bits per heavy atom. The van der Waals surface area contributed by atoms with Crippen LogP contribution in [0.5, 0.6) is 23.0 Å². The van der Waals surface area contributed by atoms with Crippen molar-refractivity contribution in [3.63, 3.8) is 0 Å². The summed E-state index contributed by atoms with van der Waals surface area (Å²) < 4.78 is 51.7. The predicted molar refractivity (Wildman–Crippen MR) is 197 cm³/mol. The van der Waals surface area contributed by atoms with Crippen molar-refractivity contribution in [3.05, 3.63) is 97.1 Å². The quantitative estimate of drug-likeness (QED) is 0.0786. The first-order valence-corrected chi connectivity index (χ1v) is 21.8. The van der Waals surface area contributed by atoms with Gasteiger partial charge in [-0.25, -0.2) is 0 Å². The van der Waals surface area contributed by atoms with Crippen LogP contribution in [0.15, 0.2) is 97.1 Å². The van der Waals surface area contributed by atoms with Gasteiger partial charge in [0.2, 0.25) is 0 Å². The molecule has 0 amide bonds. The van der Waals surface area contributed by atoms with Crippen LogP contribution < -0.4 is 33.4 Å². The van der Waals surface area contributed by atoms with Gasteiger partial charge in [-0.05, 0) is 0 Å². The zero-order valence-corrected chi connectivity index (χ0v) is 32.4. The Balaban J connectivity index is 1.89. The molecule has 0 fully saturated rings. The molecule has 0 aliphatic rings. The molecule has 0 aromatic heterocycles. The van der Waals surface area contributed by atoms with Gasteiger partial charge in [-0.1, -0.05) is 0 Å². The first kappa shape index (κ1) is 38.5. The van der Waals surface area contributed by atoms with Gasteiger partial charge < -0.3 is 0 Å². The van der Waals surface area contributed by atoms with Crippen molar-refractivity contribution in [1.29, 1.82) is 0 Å². The second-order valence-corrected chi connectivity index (χ2v) is 19.9. The van der Waals surface area contributed by atoms with E-state index in [9.17, 15) is 0 Å². The molecule has 0 saturated carbocycles. The van der Waals surface area contributed by atoms with E-state index in [1.54, 1.807) is 0 Å². The van der Waals surface area contributed by atoms with Crippen molar-refractivity contribution >= 4 is 32.6 Å². The second-order valence-electron chi connectivity index (χ2n) is 11.1. The standard InChI is InChI=1S/C40H52O8Te/c1-9-41-29(5)45-33-13-21-37(22-14-33)49(38-23-15-34(16-24-38)46-30(6)42-10-2,39-25-17-35(18-26-39)47-31(7)43-11-3)40-27-19-36(20-28-40)48-32(8)44-12-4/h13-32H,9-12H2,1-8H3. The molecule has 9 heteroatoms. The molecule has 0 bridgehead atoms. The van der Waals surface area contributed by atoms with Crippen LogP contribution >= 0.6 is 0 Å². The van der Waals surface area contributed by atoms with Gasteiger partial charge in [0.05, 0.1) is 0 Å². The Morgan fingerprint density at radius 3 is 0.694 bits per heavy atom. The zero-order chi connectivity index (χ0) is 35.2. The second kappa shape index (κ2) is 19.2. The summed E-state index contributed by atoms with van der Waals surface area (Å²) in [6.07, 6.45) is -1.42. The fourth-order valence-corrected chi connectivity index (χ4v) is 16.4. The molecule has 4 aromatic rings. The summed E-state index contributed by atoms with van der Waals surface area (Å²) in [5.74, 6) is 2.99. The van der Waals surface area contributed by atoms with E-state index in [0.29, 0.717) is 26.4 Å². The fourth-order valence-electron chi connectivity index (χ4n) is 5.55. The molecule has 4 unspecified atom stereocenters. The minimum absolute atomic E-state index is 0.354. The molecular weight excluding hydrogens is 736 g/mol. The number of rotatable bonds is 20. The molecule has 266 valence electrons. The molecule has 0 radical (unpaired) electrons. The van der Waals surface area contributed by atoms with E-state index in [1.165, 1.54) is 14.4 Å². The third kappa shape index (κ3) is 10.4. The summed E-state index contributed by atoms with van der Waals surface area (Å²) in [6, 6.07) is 33.8. The Hall–Kier alpha value is -3.29. The van der Waals surface area contributed by atoms with Crippen LogP contribution in [0.1, 0.15) is 55.4 Å². The van der Waals surface area contributed by atoms with Crippen LogP contribution in [0.4, 0.5) is 0 Å². The van der Waals surface area contributed by atoms with Gasteiger partial charge in [-0.3, -0.25) is 0 Å². The van der Waals surface area contributed by atoms with E-state index in [-0.39, 0.29) is 25.2 Å². The fraction of sp³-hybridized carbons (Fsp3) is 0.400. The van der Waals surface area contributed by atoms with Gasteiger partial charge in [0, 0.05) is 0 Å². The number of benzene rings is 4. The first-order chi connectivity index (χ1) is 23.7. The van der Waals surface area contributed by atoms with E-state index in [2.05, 4.69) is 48.5 Å². The van der Waals surface area contributed by atoms with E-state index in [4.69, 9.17) is 37.9 Å². The molecule has 0 N–H and O–H groups in total. The average molecular weight is 788 g/mol. The molecule has 49 heavy (non-hydrogen) atoms. The minimum atomic E-state index is -3.77. The first-order valence-electron chi connectivity index (χ1n) is 17.1. The van der Waals surface area contributed by atoms with Crippen molar-refractivity contribution in [1.82, 2.24) is 0 Å². The molecule has 0 saturated heterocycles. The van der Waals surface area contributed by atoms with Crippen molar-refractivity contribution in [3.8, 4) is 23.0 Å². The predicted octanol–water partition coefficient (Wildman–Crippen LogP) is 6.11. The summed E-state index contributed by atoms with van der Waals surface area (Å²) in [7, 11) is 0. The van der Waals surface area contributed by atoms with Crippen LogP contribution in [0.3, 0.4) is 0 Å². The van der Waals surface area contributed by atoms with Gasteiger partial charge in [0.25, 0.3) is 0 Å². The number of hydrogen-bond acceptors (Lipinski definition) is 8. The maximum atomic E-state index is 6.07. The molecule has 0 heterocycles. The molecule has 0 spiro atoms. The van der Waals surface area contributed by atoms with Gasteiger partial charge in [-0.15, -0.1) is 0 Å². The van der Waals surface area contributed by atoms with Gasteiger partial charge >= 0.3 is 298 Å². The maximum absolute atomic E-state index is 6.07. The van der Waals surface area contributed by atoms with E-state index in [1.807, 2.05) is 104 Å². The molecule has 4 atom stereocenters.